The maximum absolute atomic E-state index is 12.3. The van der Waals surface area contributed by atoms with Gasteiger partial charge in [-0.05, 0) is 42.5 Å². The highest BCUT2D eigenvalue weighted by molar-refractivity contribution is 7.98. The number of nitrogens with one attached hydrogen (secondary N) is 1. The fraction of sp³-hybridized carbons (Fsp3) is 0.467. The third kappa shape index (κ3) is 6.50. The van der Waals surface area contributed by atoms with Gasteiger partial charge in [0.15, 0.2) is 0 Å². The molecule has 2 unspecified atom stereocenters. The van der Waals surface area contributed by atoms with Crippen molar-refractivity contribution in [3.8, 4) is 0 Å². The van der Waals surface area contributed by atoms with Gasteiger partial charge < -0.3 is 11.1 Å². The van der Waals surface area contributed by atoms with Crippen LogP contribution in [0.3, 0.4) is 0 Å². The lowest BCUT2D eigenvalue weighted by molar-refractivity contribution is -0.129. The van der Waals surface area contributed by atoms with Crippen molar-refractivity contribution in [2.45, 2.75) is 18.9 Å². The van der Waals surface area contributed by atoms with E-state index in [2.05, 4.69) is 17.9 Å². The van der Waals surface area contributed by atoms with Gasteiger partial charge in [0.25, 0.3) is 0 Å². The van der Waals surface area contributed by atoms with Crippen LogP contribution in [-0.4, -0.2) is 35.6 Å². The van der Waals surface area contributed by atoms with Crippen LogP contribution in [0.4, 0.5) is 0 Å². The molecule has 7 heteroatoms. The van der Waals surface area contributed by atoms with Gasteiger partial charge in [-0.2, -0.15) is 24.4 Å². The summed E-state index contributed by atoms with van der Waals surface area (Å²) in [7, 11) is 0. The van der Waals surface area contributed by atoms with E-state index in [1.54, 1.807) is 23.9 Å². The van der Waals surface area contributed by atoms with E-state index in [-0.39, 0.29) is 11.8 Å². The first-order chi connectivity index (χ1) is 10.5. The molecule has 0 aliphatic rings. The Morgan fingerprint density at radius 3 is 2.50 bits per heavy atom. The molecule has 0 aromatic heterocycles. The standard InChI is InChI=1S/C15H21ClN2O2S2/c1-22-7-6-13(14(17)19)18-15(20)11(9-21)8-10-2-4-12(16)5-3-10/h2-5,11,13,21H,6-9H2,1H3,(H2,17,19)(H,18,20). The summed E-state index contributed by atoms with van der Waals surface area (Å²) in [5.41, 5.74) is 6.34. The van der Waals surface area contributed by atoms with E-state index in [0.29, 0.717) is 23.6 Å². The minimum atomic E-state index is -0.632. The summed E-state index contributed by atoms with van der Waals surface area (Å²) in [5, 5.41) is 3.39. The maximum atomic E-state index is 12.3. The van der Waals surface area contributed by atoms with E-state index in [1.807, 2.05) is 18.4 Å². The Morgan fingerprint density at radius 1 is 1.36 bits per heavy atom. The maximum Gasteiger partial charge on any atom is 0.240 e. The molecule has 1 rings (SSSR count). The van der Waals surface area contributed by atoms with E-state index in [9.17, 15) is 9.59 Å². The third-order valence-corrected chi connectivity index (χ3v) is 4.59. The molecule has 0 radical (unpaired) electrons. The number of carbonyl (C=O) groups excluding carboxylic acids is 2. The van der Waals surface area contributed by atoms with Gasteiger partial charge in [0.1, 0.15) is 6.04 Å². The van der Waals surface area contributed by atoms with E-state index in [4.69, 9.17) is 17.3 Å². The van der Waals surface area contributed by atoms with Crippen molar-refractivity contribution in [3.05, 3.63) is 34.9 Å². The Hall–Kier alpha value is -0.850. The molecule has 3 N–H and O–H groups in total. The third-order valence-electron chi connectivity index (χ3n) is 3.26. The topological polar surface area (TPSA) is 72.2 Å². The van der Waals surface area contributed by atoms with Crippen LogP contribution in [0.15, 0.2) is 24.3 Å². The average Bonchev–Trinajstić information content (AvgIpc) is 2.50. The Bertz CT molecular complexity index is 497. The molecule has 0 saturated carbocycles. The quantitative estimate of drug-likeness (QED) is 0.591. The summed E-state index contributed by atoms with van der Waals surface area (Å²) >= 11 is 11.7. The number of hydrogen-bond acceptors (Lipinski definition) is 4. The molecule has 0 saturated heterocycles. The van der Waals surface area contributed by atoms with Crippen LogP contribution in [0.5, 0.6) is 0 Å². The molecule has 4 nitrogen and oxygen atoms in total. The van der Waals surface area contributed by atoms with Crippen LogP contribution >= 0.6 is 36.0 Å². The number of thiol groups is 1. The summed E-state index contributed by atoms with van der Waals surface area (Å²) in [6, 6.07) is 6.70. The number of nitrogens with two attached hydrogens (primary N) is 1. The van der Waals surface area contributed by atoms with E-state index in [1.165, 1.54) is 0 Å². The molecule has 0 fully saturated rings. The highest BCUT2D eigenvalue weighted by Gasteiger charge is 2.23. The zero-order valence-electron chi connectivity index (χ0n) is 12.4. The molecule has 0 spiro atoms. The fourth-order valence-electron chi connectivity index (χ4n) is 1.96. The van der Waals surface area contributed by atoms with E-state index in [0.717, 1.165) is 11.3 Å². The zero-order chi connectivity index (χ0) is 16.5. The summed E-state index contributed by atoms with van der Waals surface area (Å²) in [5.74, 6) is 0.126. The minimum Gasteiger partial charge on any atom is -0.368 e. The van der Waals surface area contributed by atoms with Crippen LogP contribution in [0.25, 0.3) is 0 Å². The molecular formula is C15H21ClN2O2S2. The minimum absolute atomic E-state index is 0.199. The predicted molar refractivity (Wildman–Crippen MR) is 96.6 cm³/mol. The Labute approximate surface area is 146 Å². The normalized spacial score (nSPS) is 13.4. The first-order valence-electron chi connectivity index (χ1n) is 6.91. The first kappa shape index (κ1) is 19.2. The van der Waals surface area contributed by atoms with Gasteiger partial charge in [0, 0.05) is 10.8 Å². The number of halogens is 1. The molecule has 2 atom stereocenters. The number of benzene rings is 1. The lowest BCUT2D eigenvalue weighted by Gasteiger charge is -2.19. The van der Waals surface area contributed by atoms with Gasteiger partial charge in [-0.1, -0.05) is 23.7 Å². The van der Waals surface area contributed by atoms with Crippen LogP contribution in [0.1, 0.15) is 12.0 Å². The van der Waals surface area contributed by atoms with Gasteiger partial charge >= 0.3 is 0 Å². The largest absolute Gasteiger partial charge is 0.368 e. The van der Waals surface area contributed by atoms with Gasteiger partial charge in [-0.25, -0.2) is 0 Å². The summed E-state index contributed by atoms with van der Waals surface area (Å²) < 4.78 is 0. The SMILES string of the molecule is CSCCC(NC(=O)C(CS)Cc1ccc(Cl)cc1)C(N)=O. The summed E-state index contributed by atoms with van der Waals surface area (Å²) in [4.78, 5) is 23.7. The molecule has 0 aliphatic heterocycles. The van der Waals surface area contributed by atoms with Gasteiger partial charge in [0.2, 0.25) is 11.8 Å². The van der Waals surface area contributed by atoms with Crippen molar-refractivity contribution in [1.29, 1.82) is 0 Å². The molecule has 0 bridgehead atoms. The van der Waals surface area contributed by atoms with Crippen molar-refractivity contribution in [2.24, 2.45) is 11.7 Å². The number of primary amides is 1. The molecule has 22 heavy (non-hydrogen) atoms. The highest BCUT2D eigenvalue weighted by atomic mass is 35.5. The van der Waals surface area contributed by atoms with Crippen LogP contribution in [-0.2, 0) is 16.0 Å². The average molecular weight is 361 g/mol. The fourth-order valence-corrected chi connectivity index (χ4v) is 2.85. The Morgan fingerprint density at radius 2 is 2.00 bits per heavy atom. The molecule has 1 aromatic carbocycles. The van der Waals surface area contributed by atoms with Gasteiger partial charge in [-0.3, -0.25) is 9.59 Å². The number of carbonyl (C=O) groups is 2. The second kappa shape index (κ2) is 10.0. The second-order valence-electron chi connectivity index (χ2n) is 4.96. The smallest absolute Gasteiger partial charge is 0.240 e. The molecule has 0 heterocycles. The van der Waals surface area contributed by atoms with Crippen LogP contribution in [0.2, 0.25) is 5.02 Å². The summed E-state index contributed by atoms with van der Waals surface area (Å²) in [6.45, 7) is 0. The lowest BCUT2D eigenvalue weighted by atomic mass is 9.99. The number of amides is 2. The van der Waals surface area contributed by atoms with Crippen LogP contribution in [0, 0.1) is 5.92 Å². The Kier molecular flexibility index (Phi) is 8.75. The molecule has 1 aromatic rings. The summed E-state index contributed by atoms with van der Waals surface area (Å²) in [6.07, 6.45) is 3.01. The van der Waals surface area contributed by atoms with Gasteiger partial charge in [0.05, 0.1) is 5.92 Å². The predicted octanol–water partition coefficient (Wildman–Crippen LogP) is 2.15. The molecular weight excluding hydrogens is 340 g/mol. The molecule has 0 aliphatic carbocycles. The number of rotatable bonds is 9. The van der Waals surface area contributed by atoms with Crippen LogP contribution < -0.4 is 11.1 Å². The number of hydrogen-bond donors (Lipinski definition) is 3. The monoisotopic (exact) mass is 360 g/mol. The van der Waals surface area contributed by atoms with Crippen molar-refractivity contribution in [3.63, 3.8) is 0 Å². The van der Waals surface area contributed by atoms with Crippen molar-refractivity contribution in [2.75, 3.05) is 17.8 Å². The highest BCUT2D eigenvalue weighted by Crippen LogP contribution is 2.15. The second-order valence-corrected chi connectivity index (χ2v) is 6.74. The first-order valence-corrected chi connectivity index (χ1v) is 9.32. The molecule has 2 amide bonds. The van der Waals surface area contributed by atoms with Crippen molar-refractivity contribution < 1.29 is 9.59 Å². The van der Waals surface area contributed by atoms with E-state index < -0.39 is 11.9 Å². The molecule has 122 valence electrons. The van der Waals surface area contributed by atoms with Crippen molar-refractivity contribution in [1.82, 2.24) is 5.32 Å². The number of thioether (sulfide) groups is 1. The van der Waals surface area contributed by atoms with E-state index >= 15 is 0 Å². The lowest BCUT2D eigenvalue weighted by Crippen LogP contribution is -2.47. The zero-order valence-corrected chi connectivity index (χ0v) is 14.9. The van der Waals surface area contributed by atoms with Gasteiger partial charge in [-0.15, -0.1) is 0 Å². The Balaban J connectivity index is 2.66. The van der Waals surface area contributed by atoms with Crippen molar-refractivity contribution >= 4 is 47.8 Å².